The molecule has 1 unspecified atom stereocenters. The highest BCUT2D eigenvalue weighted by Crippen LogP contribution is 2.32. The summed E-state index contributed by atoms with van der Waals surface area (Å²) in [6.45, 7) is 1.58. The molecule has 7 heteroatoms. The van der Waals surface area contributed by atoms with Gasteiger partial charge in [-0.05, 0) is 19.4 Å². The smallest absolute Gasteiger partial charge is 0.361 e. The van der Waals surface area contributed by atoms with Gasteiger partial charge in [0.05, 0.1) is 12.1 Å². The van der Waals surface area contributed by atoms with E-state index in [0.717, 1.165) is 6.08 Å². The number of nitrogens with zero attached hydrogens (tertiary/aromatic N) is 1. The monoisotopic (exact) mass is 272 g/mol. The fraction of sp³-hybridized carbons (Fsp3) is 0.333. The van der Waals surface area contributed by atoms with E-state index in [9.17, 15) is 18.0 Å². The SMILES string of the molecule is Cc1oncc1C(=O)NC1=CCC(C(F)(F)F)C=C1. The second-order valence-corrected chi connectivity index (χ2v) is 4.15. The average molecular weight is 272 g/mol. The van der Waals surface area contributed by atoms with Gasteiger partial charge in [0.15, 0.2) is 0 Å². The topological polar surface area (TPSA) is 55.1 Å². The predicted molar refractivity (Wildman–Crippen MR) is 60.1 cm³/mol. The van der Waals surface area contributed by atoms with Crippen LogP contribution in [0, 0.1) is 12.8 Å². The quantitative estimate of drug-likeness (QED) is 0.900. The van der Waals surface area contributed by atoms with E-state index in [1.165, 1.54) is 18.3 Å². The van der Waals surface area contributed by atoms with Crippen LogP contribution < -0.4 is 5.32 Å². The lowest BCUT2D eigenvalue weighted by Crippen LogP contribution is -2.26. The number of hydrogen-bond acceptors (Lipinski definition) is 3. The number of aryl methyl sites for hydroxylation is 1. The molecule has 0 aliphatic heterocycles. The third kappa shape index (κ3) is 3.04. The molecule has 1 heterocycles. The minimum absolute atomic E-state index is 0.182. The fourth-order valence-electron chi connectivity index (χ4n) is 1.67. The van der Waals surface area contributed by atoms with Gasteiger partial charge in [0, 0.05) is 5.70 Å². The fourth-order valence-corrected chi connectivity index (χ4v) is 1.67. The molecular weight excluding hydrogens is 261 g/mol. The number of hydrogen-bond donors (Lipinski definition) is 1. The van der Waals surface area contributed by atoms with E-state index < -0.39 is 18.0 Å². The Labute approximate surface area is 107 Å². The highest BCUT2D eigenvalue weighted by Gasteiger charge is 2.37. The Morgan fingerprint density at radius 3 is 2.74 bits per heavy atom. The minimum Gasteiger partial charge on any atom is -0.361 e. The maximum atomic E-state index is 12.4. The number of rotatable bonds is 2. The van der Waals surface area contributed by atoms with Gasteiger partial charge in [-0.25, -0.2) is 0 Å². The predicted octanol–water partition coefficient (Wildman–Crippen LogP) is 2.74. The van der Waals surface area contributed by atoms with Crippen molar-refractivity contribution in [2.24, 2.45) is 5.92 Å². The number of allylic oxidation sites excluding steroid dienone is 3. The van der Waals surface area contributed by atoms with Crippen LogP contribution in [0.5, 0.6) is 0 Å². The van der Waals surface area contributed by atoms with Gasteiger partial charge in [0.2, 0.25) is 0 Å². The van der Waals surface area contributed by atoms with Crippen molar-refractivity contribution in [3.8, 4) is 0 Å². The van der Waals surface area contributed by atoms with Crippen molar-refractivity contribution in [1.29, 1.82) is 0 Å². The summed E-state index contributed by atoms with van der Waals surface area (Å²) >= 11 is 0. The van der Waals surface area contributed by atoms with Gasteiger partial charge in [-0.2, -0.15) is 13.2 Å². The summed E-state index contributed by atoms with van der Waals surface area (Å²) in [5, 5.41) is 5.96. The van der Waals surface area contributed by atoms with Crippen LogP contribution in [-0.2, 0) is 0 Å². The number of carbonyl (C=O) groups excluding carboxylic acids is 1. The van der Waals surface area contributed by atoms with Gasteiger partial charge in [0.1, 0.15) is 11.3 Å². The zero-order valence-corrected chi connectivity index (χ0v) is 9.99. The molecule has 1 N–H and O–H groups in total. The number of carbonyl (C=O) groups is 1. The molecule has 0 fully saturated rings. The van der Waals surface area contributed by atoms with Gasteiger partial charge < -0.3 is 9.84 Å². The Morgan fingerprint density at radius 2 is 2.26 bits per heavy atom. The molecule has 4 nitrogen and oxygen atoms in total. The van der Waals surface area contributed by atoms with Crippen LogP contribution >= 0.6 is 0 Å². The van der Waals surface area contributed by atoms with E-state index in [-0.39, 0.29) is 12.0 Å². The van der Waals surface area contributed by atoms with Crippen molar-refractivity contribution in [3.63, 3.8) is 0 Å². The number of alkyl halides is 3. The van der Waals surface area contributed by atoms with Gasteiger partial charge in [-0.15, -0.1) is 0 Å². The molecule has 1 atom stereocenters. The van der Waals surface area contributed by atoms with Crippen molar-refractivity contribution < 1.29 is 22.5 Å². The summed E-state index contributed by atoms with van der Waals surface area (Å²) in [6.07, 6.45) is 0.458. The molecule has 0 aromatic carbocycles. The van der Waals surface area contributed by atoms with Crippen molar-refractivity contribution in [1.82, 2.24) is 10.5 Å². The van der Waals surface area contributed by atoms with Gasteiger partial charge in [-0.3, -0.25) is 4.79 Å². The molecule has 2 rings (SSSR count). The standard InChI is InChI=1S/C12H11F3N2O2/c1-7-10(6-16-19-7)11(18)17-9-4-2-8(3-5-9)12(13,14)15/h2,4-6,8H,3H2,1H3,(H,17,18). The van der Waals surface area contributed by atoms with E-state index in [1.807, 2.05) is 0 Å². The first kappa shape index (κ1) is 13.4. The van der Waals surface area contributed by atoms with Crippen LogP contribution in [0.25, 0.3) is 0 Å². The number of nitrogens with one attached hydrogen (secondary N) is 1. The lowest BCUT2D eigenvalue weighted by molar-refractivity contribution is -0.160. The molecule has 1 aliphatic carbocycles. The van der Waals surface area contributed by atoms with Gasteiger partial charge >= 0.3 is 6.18 Å². The second-order valence-electron chi connectivity index (χ2n) is 4.15. The summed E-state index contributed by atoms with van der Waals surface area (Å²) < 4.78 is 42.0. The third-order valence-corrected chi connectivity index (χ3v) is 2.77. The minimum atomic E-state index is -4.26. The summed E-state index contributed by atoms with van der Waals surface area (Å²) in [4.78, 5) is 11.8. The van der Waals surface area contributed by atoms with Crippen LogP contribution in [0.3, 0.4) is 0 Å². The highest BCUT2D eigenvalue weighted by atomic mass is 19.4. The first-order valence-corrected chi connectivity index (χ1v) is 5.55. The average Bonchev–Trinajstić information content (AvgIpc) is 2.75. The Kier molecular flexibility index (Phi) is 3.46. The van der Waals surface area contributed by atoms with Crippen LogP contribution in [0.1, 0.15) is 22.5 Å². The normalized spacial score (nSPS) is 19.2. The Bertz CT molecular complexity index is 543. The molecule has 1 aromatic heterocycles. The van der Waals surface area contributed by atoms with Crippen molar-refractivity contribution >= 4 is 5.91 Å². The van der Waals surface area contributed by atoms with E-state index in [4.69, 9.17) is 4.52 Å². The number of amides is 1. The zero-order valence-electron chi connectivity index (χ0n) is 9.99. The Hall–Kier alpha value is -2.05. The molecule has 0 bridgehead atoms. The number of aromatic nitrogens is 1. The Balaban J connectivity index is 2.00. The number of halogens is 3. The first-order chi connectivity index (χ1) is 8.88. The molecule has 0 radical (unpaired) electrons. The lowest BCUT2D eigenvalue weighted by atomic mass is 9.99. The largest absolute Gasteiger partial charge is 0.395 e. The molecule has 1 amide bonds. The zero-order chi connectivity index (χ0) is 14.0. The van der Waals surface area contributed by atoms with Crippen LogP contribution in [0.2, 0.25) is 0 Å². The Morgan fingerprint density at radius 1 is 1.53 bits per heavy atom. The maximum absolute atomic E-state index is 12.4. The molecular formula is C12H11F3N2O2. The summed E-state index contributed by atoms with van der Waals surface area (Å²) in [6, 6.07) is 0. The van der Waals surface area contributed by atoms with Crippen LogP contribution in [0.4, 0.5) is 13.2 Å². The van der Waals surface area contributed by atoms with Gasteiger partial charge in [0.25, 0.3) is 5.91 Å². The van der Waals surface area contributed by atoms with Crippen LogP contribution in [0.15, 0.2) is 34.6 Å². The molecule has 102 valence electrons. The first-order valence-electron chi connectivity index (χ1n) is 5.55. The van der Waals surface area contributed by atoms with Crippen LogP contribution in [-0.4, -0.2) is 17.2 Å². The summed E-state index contributed by atoms with van der Waals surface area (Å²) in [5.41, 5.74) is 0.596. The third-order valence-electron chi connectivity index (χ3n) is 2.77. The van der Waals surface area contributed by atoms with E-state index in [1.54, 1.807) is 6.92 Å². The highest BCUT2D eigenvalue weighted by molar-refractivity contribution is 5.96. The molecule has 1 aromatic rings. The van der Waals surface area contributed by atoms with Gasteiger partial charge in [-0.1, -0.05) is 17.3 Å². The molecule has 0 saturated heterocycles. The molecule has 0 saturated carbocycles. The molecule has 0 spiro atoms. The van der Waals surface area contributed by atoms with Crippen molar-refractivity contribution in [2.45, 2.75) is 19.5 Å². The molecule has 19 heavy (non-hydrogen) atoms. The van der Waals surface area contributed by atoms with E-state index >= 15 is 0 Å². The van der Waals surface area contributed by atoms with Crippen molar-refractivity contribution in [2.75, 3.05) is 0 Å². The maximum Gasteiger partial charge on any atom is 0.395 e. The molecule has 1 aliphatic rings. The van der Waals surface area contributed by atoms with E-state index in [0.29, 0.717) is 11.5 Å². The van der Waals surface area contributed by atoms with E-state index in [2.05, 4.69) is 10.5 Å². The lowest BCUT2D eigenvalue weighted by Gasteiger charge is -2.19. The van der Waals surface area contributed by atoms with Crippen molar-refractivity contribution in [3.05, 3.63) is 41.4 Å². The summed E-state index contributed by atoms with van der Waals surface area (Å²) in [7, 11) is 0. The second kappa shape index (κ2) is 4.91. The summed E-state index contributed by atoms with van der Waals surface area (Å²) in [5.74, 6) is -1.60.